The first-order valence-electron chi connectivity index (χ1n) is 8.61. The number of aromatic nitrogens is 3. The van der Waals surface area contributed by atoms with E-state index in [-0.39, 0.29) is 18.9 Å². The molecular weight excluding hydrogens is 362 g/mol. The van der Waals surface area contributed by atoms with Gasteiger partial charge in [0.1, 0.15) is 5.52 Å². The van der Waals surface area contributed by atoms with E-state index >= 15 is 0 Å². The smallest absolute Gasteiger partial charge is 0.304 e. The Morgan fingerprint density at radius 1 is 1.30 bits per heavy atom. The minimum absolute atomic E-state index is 0.0346. The predicted molar refractivity (Wildman–Crippen MR) is 105 cm³/mol. The first-order valence-corrected chi connectivity index (χ1v) is 9.49. The fourth-order valence-corrected chi connectivity index (χ4v) is 4.60. The van der Waals surface area contributed by atoms with Gasteiger partial charge in [-0.2, -0.15) is 0 Å². The predicted octanol–water partition coefficient (Wildman–Crippen LogP) is 3.59. The molecule has 4 aromatic rings. The van der Waals surface area contributed by atoms with Crippen LogP contribution in [0.15, 0.2) is 35.7 Å². The molecule has 27 heavy (non-hydrogen) atoms. The lowest BCUT2D eigenvalue weighted by atomic mass is 9.84. The lowest BCUT2D eigenvalue weighted by Crippen LogP contribution is -2.10. The number of carboxylic acids is 1. The van der Waals surface area contributed by atoms with Crippen LogP contribution in [0.1, 0.15) is 34.6 Å². The van der Waals surface area contributed by atoms with Crippen LogP contribution in [0.25, 0.3) is 21.1 Å². The van der Waals surface area contributed by atoms with Crippen LogP contribution in [-0.2, 0) is 18.4 Å². The number of hydrogen-bond acceptors (Lipinski definition) is 5. The van der Waals surface area contributed by atoms with Crippen molar-refractivity contribution >= 4 is 38.4 Å². The summed E-state index contributed by atoms with van der Waals surface area (Å²) in [5.41, 5.74) is 5.26. The van der Waals surface area contributed by atoms with Crippen LogP contribution in [0.2, 0.25) is 0 Å². The van der Waals surface area contributed by atoms with Crippen molar-refractivity contribution in [3.8, 4) is 0 Å². The van der Waals surface area contributed by atoms with Gasteiger partial charge in [0.25, 0.3) is 0 Å². The molecule has 2 aromatic heterocycles. The Labute approximate surface area is 159 Å². The van der Waals surface area contributed by atoms with Gasteiger partial charge in [0.15, 0.2) is 0 Å². The second-order valence-corrected chi connectivity index (χ2v) is 7.60. The molecular formula is C20H19N3O3S. The number of rotatable bonds is 5. The number of thiophene rings is 1. The molecule has 1 atom stereocenters. The molecule has 2 heterocycles. The van der Waals surface area contributed by atoms with Crippen molar-refractivity contribution in [3.05, 3.63) is 58.0 Å². The van der Waals surface area contributed by atoms with Gasteiger partial charge in [0.2, 0.25) is 0 Å². The molecule has 7 heteroatoms. The number of aryl methyl sites for hydroxylation is 2. The van der Waals surface area contributed by atoms with Gasteiger partial charge in [-0.1, -0.05) is 17.3 Å². The van der Waals surface area contributed by atoms with E-state index in [1.165, 1.54) is 0 Å². The Balaban J connectivity index is 1.92. The van der Waals surface area contributed by atoms with Crippen LogP contribution in [-0.4, -0.2) is 31.2 Å². The summed E-state index contributed by atoms with van der Waals surface area (Å²) in [6.45, 7) is 1.88. The highest BCUT2D eigenvalue weighted by atomic mass is 32.1. The molecule has 1 unspecified atom stereocenters. The van der Waals surface area contributed by atoms with Gasteiger partial charge in [0, 0.05) is 17.7 Å². The van der Waals surface area contributed by atoms with E-state index in [4.69, 9.17) is 0 Å². The second kappa shape index (κ2) is 6.75. The number of hydrogen-bond donors (Lipinski definition) is 2. The molecule has 0 radical (unpaired) electrons. The minimum atomic E-state index is -0.866. The molecule has 138 valence electrons. The molecule has 0 spiro atoms. The standard InChI is InChI=1S/C20H19N3O3S/c1-11-15(3-4-17-19(11)21-22-23(17)2)16(9-18(25)26)13-7-12-5-6-27-20(12)14(8-13)10-24/h3-8,16,24H,9-10H2,1-2H3,(H,25,26). The molecule has 0 aliphatic rings. The lowest BCUT2D eigenvalue weighted by molar-refractivity contribution is -0.137. The van der Waals surface area contributed by atoms with E-state index in [2.05, 4.69) is 10.3 Å². The van der Waals surface area contributed by atoms with E-state index in [9.17, 15) is 15.0 Å². The van der Waals surface area contributed by atoms with E-state index in [0.29, 0.717) is 0 Å². The summed E-state index contributed by atoms with van der Waals surface area (Å²) in [6, 6.07) is 9.85. The number of benzene rings is 2. The van der Waals surface area contributed by atoms with Crippen LogP contribution in [0.3, 0.4) is 0 Å². The van der Waals surface area contributed by atoms with Gasteiger partial charge >= 0.3 is 5.97 Å². The number of nitrogens with zero attached hydrogens (tertiary/aromatic N) is 3. The normalized spacial score (nSPS) is 12.7. The molecule has 0 bridgehead atoms. The maximum absolute atomic E-state index is 11.6. The molecule has 0 amide bonds. The first-order chi connectivity index (χ1) is 13.0. The maximum atomic E-state index is 11.6. The first kappa shape index (κ1) is 17.6. The van der Waals surface area contributed by atoms with E-state index in [1.807, 2.05) is 49.7 Å². The Morgan fingerprint density at radius 3 is 2.85 bits per heavy atom. The molecule has 2 N–H and O–H groups in total. The highest BCUT2D eigenvalue weighted by Crippen LogP contribution is 2.36. The molecule has 6 nitrogen and oxygen atoms in total. The van der Waals surface area contributed by atoms with E-state index < -0.39 is 5.97 Å². The van der Waals surface area contributed by atoms with Crippen LogP contribution < -0.4 is 0 Å². The largest absolute Gasteiger partial charge is 0.481 e. The molecule has 0 aliphatic heterocycles. The number of aliphatic carboxylic acids is 1. The van der Waals surface area contributed by atoms with Crippen molar-refractivity contribution in [3.63, 3.8) is 0 Å². The van der Waals surface area contributed by atoms with Crippen molar-refractivity contribution in [1.82, 2.24) is 15.0 Å². The van der Waals surface area contributed by atoms with Gasteiger partial charge < -0.3 is 10.2 Å². The Hall–Kier alpha value is -2.77. The Kier molecular flexibility index (Phi) is 4.41. The number of aliphatic hydroxyl groups excluding tert-OH is 1. The SMILES string of the molecule is Cc1c(C(CC(=O)O)c2cc(CO)c3sccc3c2)ccc2c1nnn2C. The Bertz CT molecular complexity index is 1160. The summed E-state index contributed by atoms with van der Waals surface area (Å²) in [5.74, 6) is -1.20. The van der Waals surface area contributed by atoms with E-state index in [0.717, 1.165) is 43.4 Å². The number of carbonyl (C=O) groups is 1. The molecule has 4 rings (SSSR count). The number of carboxylic acid groups (broad SMARTS) is 1. The van der Waals surface area contributed by atoms with Gasteiger partial charge in [-0.05, 0) is 58.1 Å². The number of aliphatic hydroxyl groups is 1. The van der Waals surface area contributed by atoms with E-state index in [1.54, 1.807) is 16.0 Å². The molecule has 0 saturated heterocycles. The van der Waals surface area contributed by atoms with Gasteiger partial charge in [-0.15, -0.1) is 16.4 Å². The van der Waals surface area contributed by atoms with Gasteiger partial charge in [-0.25, -0.2) is 4.68 Å². The van der Waals surface area contributed by atoms with Crippen LogP contribution in [0.4, 0.5) is 0 Å². The van der Waals surface area contributed by atoms with Crippen molar-refractivity contribution in [2.24, 2.45) is 7.05 Å². The average Bonchev–Trinajstić information content (AvgIpc) is 3.26. The zero-order valence-electron chi connectivity index (χ0n) is 15.0. The van der Waals surface area contributed by atoms with Crippen molar-refractivity contribution in [2.45, 2.75) is 25.9 Å². The monoisotopic (exact) mass is 381 g/mol. The van der Waals surface area contributed by atoms with Crippen molar-refractivity contribution in [2.75, 3.05) is 0 Å². The highest BCUT2D eigenvalue weighted by Gasteiger charge is 2.23. The quantitative estimate of drug-likeness (QED) is 0.551. The summed E-state index contributed by atoms with van der Waals surface area (Å²) in [5, 5.41) is 30.6. The van der Waals surface area contributed by atoms with Crippen molar-refractivity contribution < 1.29 is 15.0 Å². The third-order valence-electron chi connectivity index (χ3n) is 5.06. The zero-order chi connectivity index (χ0) is 19.1. The maximum Gasteiger partial charge on any atom is 0.304 e. The summed E-state index contributed by atoms with van der Waals surface area (Å²) < 4.78 is 2.75. The molecule has 0 fully saturated rings. The minimum Gasteiger partial charge on any atom is -0.481 e. The third-order valence-corrected chi connectivity index (χ3v) is 6.06. The topological polar surface area (TPSA) is 88.2 Å². The second-order valence-electron chi connectivity index (χ2n) is 6.69. The highest BCUT2D eigenvalue weighted by molar-refractivity contribution is 7.17. The van der Waals surface area contributed by atoms with Gasteiger partial charge in [-0.3, -0.25) is 4.79 Å². The van der Waals surface area contributed by atoms with Crippen molar-refractivity contribution in [1.29, 1.82) is 0 Å². The zero-order valence-corrected chi connectivity index (χ0v) is 15.8. The molecule has 0 aliphatic carbocycles. The average molecular weight is 381 g/mol. The van der Waals surface area contributed by atoms with Gasteiger partial charge in [0.05, 0.1) is 18.5 Å². The summed E-state index contributed by atoms with van der Waals surface area (Å²) in [4.78, 5) is 11.6. The fourth-order valence-electron chi connectivity index (χ4n) is 3.71. The molecule has 2 aromatic carbocycles. The third kappa shape index (κ3) is 2.98. The summed E-state index contributed by atoms with van der Waals surface area (Å²) >= 11 is 1.58. The summed E-state index contributed by atoms with van der Waals surface area (Å²) in [7, 11) is 1.83. The van der Waals surface area contributed by atoms with Crippen LogP contribution in [0, 0.1) is 6.92 Å². The fraction of sp³-hybridized carbons (Fsp3) is 0.250. The number of fused-ring (bicyclic) bond motifs is 2. The summed E-state index contributed by atoms with van der Waals surface area (Å²) in [6.07, 6.45) is -0.0346. The Morgan fingerprint density at radius 2 is 2.11 bits per heavy atom. The molecule has 0 saturated carbocycles. The van der Waals surface area contributed by atoms with Crippen LogP contribution in [0.5, 0.6) is 0 Å². The lowest BCUT2D eigenvalue weighted by Gasteiger charge is -2.20. The van der Waals surface area contributed by atoms with Crippen LogP contribution >= 0.6 is 11.3 Å².